The monoisotopic (exact) mass is 316 g/mol. The van der Waals surface area contributed by atoms with E-state index in [1.807, 2.05) is 0 Å². The molecule has 0 bridgehead atoms. The number of nitrogens with zero attached hydrogens (tertiary/aromatic N) is 2. The zero-order chi connectivity index (χ0) is 16.6. The molecule has 7 heteroatoms. The molecule has 3 aromatic rings. The molecule has 0 unspecified atom stereocenters. The molecule has 0 saturated heterocycles. The highest BCUT2D eigenvalue weighted by Crippen LogP contribution is 2.19. The van der Waals surface area contributed by atoms with Gasteiger partial charge in [-0.2, -0.15) is 5.10 Å². The predicted octanol–water partition coefficient (Wildman–Crippen LogP) is 2.43. The second kappa shape index (κ2) is 5.60. The van der Waals surface area contributed by atoms with Crippen molar-refractivity contribution in [2.75, 3.05) is 0 Å². The molecule has 0 N–H and O–H groups in total. The summed E-state index contributed by atoms with van der Waals surface area (Å²) < 4.78 is 32.1. The highest BCUT2D eigenvalue weighted by Gasteiger charge is 2.18. The van der Waals surface area contributed by atoms with Crippen LogP contribution in [-0.2, 0) is 7.05 Å². The molecule has 3 rings (SSSR count). The maximum atomic E-state index is 13.2. The zero-order valence-corrected chi connectivity index (χ0v) is 11.9. The van der Waals surface area contributed by atoms with Gasteiger partial charge in [-0.25, -0.2) is 18.3 Å². The van der Waals surface area contributed by atoms with E-state index in [1.165, 1.54) is 7.05 Å². The fourth-order valence-electron chi connectivity index (χ4n) is 2.15. The van der Waals surface area contributed by atoms with Gasteiger partial charge in [0.25, 0.3) is 5.56 Å². The molecule has 0 fully saturated rings. The molecule has 0 aliphatic carbocycles. The molecule has 2 aromatic carbocycles. The van der Waals surface area contributed by atoms with E-state index in [4.69, 9.17) is 4.74 Å². The molecular weight excluding hydrogens is 306 g/mol. The fourth-order valence-corrected chi connectivity index (χ4v) is 2.15. The fraction of sp³-hybridized carbons (Fsp3) is 0.0625. The summed E-state index contributed by atoms with van der Waals surface area (Å²) in [6.45, 7) is 0. The highest BCUT2D eigenvalue weighted by molar-refractivity contribution is 6.02. The van der Waals surface area contributed by atoms with Crippen LogP contribution in [-0.4, -0.2) is 15.7 Å². The second-order valence-corrected chi connectivity index (χ2v) is 4.79. The Morgan fingerprint density at radius 1 is 1.09 bits per heavy atom. The van der Waals surface area contributed by atoms with Gasteiger partial charge in [0.15, 0.2) is 17.3 Å². The molecule has 1 heterocycles. The zero-order valence-electron chi connectivity index (χ0n) is 11.9. The van der Waals surface area contributed by atoms with Crippen LogP contribution in [0, 0.1) is 11.6 Å². The molecule has 5 nitrogen and oxygen atoms in total. The average Bonchev–Trinajstić information content (AvgIpc) is 2.54. The average molecular weight is 316 g/mol. The first-order valence-corrected chi connectivity index (χ1v) is 6.60. The third-order valence-corrected chi connectivity index (χ3v) is 3.25. The van der Waals surface area contributed by atoms with Crippen LogP contribution < -0.4 is 10.3 Å². The topological polar surface area (TPSA) is 61.2 Å². The number of rotatable bonds is 2. The number of fused-ring (bicyclic) bond motifs is 1. The van der Waals surface area contributed by atoms with Crippen LogP contribution in [0.4, 0.5) is 8.78 Å². The molecule has 0 spiro atoms. The summed E-state index contributed by atoms with van der Waals surface area (Å²) in [5.41, 5.74) is -0.447. The van der Waals surface area contributed by atoms with E-state index in [1.54, 1.807) is 24.3 Å². The number of benzene rings is 2. The molecule has 23 heavy (non-hydrogen) atoms. The molecule has 0 aliphatic heterocycles. The number of halogens is 2. The number of aryl methyl sites for hydroxylation is 1. The standard InChI is InChI=1S/C16H10F2N2O3/c1-20-15(21)11-5-3-2-4-10(11)14(19-20)16(22)23-9-6-7-12(17)13(18)8-9/h2-8H,1H3. The maximum Gasteiger partial charge on any atom is 0.364 e. The number of carbonyl (C=O) groups is 1. The van der Waals surface area contributed by atoms with Gasteiger partial charge in [0.2, 0.25) is 0 Å². The third-order valence-electron chi connectivity index (χ3n) is 3.25. The van der Waals surface area contributed by atoms with Crippen molar-refractivity contribution in [3.8, 4) is 5.75 Å². The van der Waals surface area contributed by atoms with Crippen LogP contribution in [0.25, 0.3) is 10.8 Å². The van der Waals surface area contributed by atoms with Crippen LogP contribution in [0.2, 0.25) is 0 Å². The van der Waals surface area contributed by atoms with Gasteiger partial charge >= 0.3 is 5.97 Å². The number of carbonyl (C=O) groups excluding carboxylic acids is 1. The van der Waals surface area contributed by atoms with E-state index < -0.39 is 17.6 Å². The number of ether oxygens (including phenoxy) is 1. The van der Waals surface area contributed by atoms with E-state index >= 15 is 0 Å². The number of hydrogen-bond acceptors (Lipinski definition) is 4. The lowest BCUT2D eigenvalue weighted by Gasteiger charge is -2.08. The van der Waals surface area contributed by atoms with Gasteiger partial charge in [-0.1, -0.05) is 18.2 Å². The van der Waals surface area contributed by atoms with Crippen molar-refractivity contribution >= 4 is 16.7 Å². The predicted molar refractivity (Wildman–Crippen MR) is 78.3 cm³/mol. The van der Waals surface area contributed by atoms with Gasteiger partial charge in [0, 0.05) is 18.5 Å². The van der Waals surface area contributed by atoms with E-state index in [0.29, 0.717) is 10.8 Å². The lowest BCUT2D eigenvalue weighted by atomic mass is 10.1. The minimum absolute atomic E-state index is 0.0903. The van der Waals surface area contributed by atoms with E-state index in [9.17, 15) is 18.4 Å². The van der Waals surface area contributed by atoms with E-state index in [2.05, 4.69) is 5.10 Å². The maximum absolute atomic E-state index is 13.2. The van der Waals surface area contributed by atoms with Gasteiger partial charge in [0.1, 0.15) is 5.75 Å². The Morgan fingerprint density at radius 2 is 1.78 bits per heavy atom. The minimum Gasteiger partial charge on any atom is -0.422 e. The van der Waals surface area contributed by atoms with Crippen molar-refractivity contribution in [2.45, 2.75) is 0 Å². The normalized spacial score (nSPS) is 10.7. The summed E-state index contributed by atoms with van der Waals surface area (Å²) in [6.07, 6.45) is 0. The minimum atomic E-state index is -1.13. The van der Waals surface area contributed by atoms with Gasteiger partial charge in [0.05, 0.1) is 5.39 Å². The summed E-state index contributed by atoms with van der Waals surface area (Å²) in [5, 5.41) is 4.53. The molecule has 0 radical (unpaired) electrons. The summed E-state index contributed by atoms with van der Waals surface area (Å²) in [5.74, 6) is -3.21. The highest BCUT2D eigenvalue weighted by atomic mass is 19.2. The quantitative estimate of drug-likeness (QED) is 0.538. The van der Waals surface area contributed by atoms with Crippen molar-refractivity contribution in [1.29, 1.82) is 0 Å². The summed E-state index contributed by atoms with van der Waals surface area (Å²) in [7, 11) is 1.41. The number of esters is 1. The number of aromatic nitrogens is 2. The first-order valence-electron chi connectivity index (χ1n) is 6.60. The number of hydrogen-bond donors (Lipinski definition) is 0. The molecular formula is C16H10F2N2O3. The molecule has 1 aromatic heterocycles. The Labute approximate surface area is 128 Å². The Bertz CT molecular complexity index is 983. The van der Waals surface area contributed by atoms with Crippen LogP contribution in [0.3, 0.4) is 0 Å². The molecule has 0 atom stereocenters. The molecule has 0 aliphatic rings. The first kappa shape index (κ1) is 14.8. The van der Waals surface area contributed by atoms with Crippen LogP contribution in [0.15, 0.2) is 47.3 Å². The second-order valence-electron chi connectivity index (χ2n) is 4.79. The van der Waals surface area contributed by atoms with Gasteiger partial charge in [-0.3, -0.25) is 4.79 Å². The Kier molecular flexibility index (Phi) is 3.61. The van der Waals surface area contributed by atoms with Crippen LogP contribution in [0.5, 0.6) is 5.75 Å². The van der Waals surface area contributed by atoms with Crippen molar-refractivity contribution in [2.24, 2.45) is 7.05 Å². The summed E-state index contributed by atoms with van der Waals surface area (Å²) in [6, 6.07) is 9.17. The SMILES string of the molecule is Cn1nc(C(=O)Oc2ccc(F)c(F)c2)c2ccccc2c1=O. The smallest absolute Gasteiger partial charge is 0.364 e. The van der Waals surface area contributed by atoms with Crippen molar-refractivity contribution in [3.05, 3.63) is 70.1 Å². The summed E-state index contributed by atoms with van der Waals surface area (Å²) >= 11 is 0. The molecule has 0 amide bonds. The Balaban J connectivity index is 2.06. The summed E-state index contributed by atoms with van der Waals surface area (Å²) in [4.78, 5) is 24.3. The van der Waals surface area contributed by atoms with E-state index in [0.717, 1.165) is 22.9 Å². The third kappa shape index (κ3) is 2.68. The van der Waals surface area contributed by atoms with Gasteiger partial charge in [-0.05, 0) is 18.2 Å². The van der Waals surface area contributed by atoms with Gasteiger partial charge < -0.3 is 4.74 Å². The molecule has 0 saturated carbocycles. The van der Waals surface area contributed by atoms with Gasteiger partial charge in [-0.15, -0.1) is 0 Å². The van der Waals surface area contributed by atoms with Crippen LogP contribution in [0.1, 0.15) is 10.5 Å². The lowest BCUT2D eigenvalue weighted by molar-refractivity contribution is 0.0727. The Morgan fingerprint density at radius 3 is 2.48 bits per heavy atom. The van der Waals surface area contributed by atoms with E-state index in [-0.39, 0.29) is 17.0 Å². The largest absolute Gasteiger partial charge is 0.422 e. The Hall–Kier alpha value is -3.09. The van der Waals surface area contributed by atoms with Crippen molar-refractivity contribution in [1.82, 2.24) is 9.78 Å². The van der Waals surface area contributed by atoms with Crippen LogP contribution >= 0.6 is 0 Å². The van der Waals surface area contributed by atoms with Crippen molar-refractivity contribution in [3.63, 3.8) is 0 Å². The lowest BCUT2D eigenvalue weighted by Crippen LogP contribution is -2.24. The van der Waals surface area contributed by atoms with Crippen molar-refractivity contribution < 1.29 is 18.3 Å². The molecule has 116 valence electrons. The first-order chi connectivity index (χ1) is 11.0.